The van der Waals surface area contributed by atoms with Gasteiger partial charge >= 0.3 is 0 Å². The minimum Gasteiger partial charge on any atom is -0.505 e. The number of nitrogens with one attached hydrogen (secondary N) is 5. The molecule has 5 heterocycles. The summed E-state index contributed by atoms with van der Waals surface area (Å²) in [5, 5.41) is 113. The summed E-state index contributed by atoms with van der Waals surface area (Å²) in [5.74, 6) is -4.36. The van der Waals surface area contributed by atoms with E-state index in [2.05, 4.69) is 36.9 Å². The maximum Gasteiger partial charge on any atom is 0.222 e. The van der Waals surface area contributed by atoms with E-state index in [9.17, 15) is 79.1 Å². The Morgan fingerprint density at radius 2 is 0.983 bits per heavy atom. The lowest BCUT2D eigenvalue weighted by Crippen LogP contribution is -2.64. The molecule has 4 aromatic rings. The number of hydrogen-bond donors (Lipinski definition) is 14. The van der Waals surface area contributed by atoms with Gasteiger partial charge in [-0.1, -0.05) is 32.1 Å². The van der Waals surface area contributed by atoms with Crippen LogP contribution in [-0.2, 0) is 99.8 Å². The van der Waals surface area contributed by atoms with Crippen molar-refractivity contribution in [2.45, 2.75) is 152 Å². The number of benzene rings is 2. The van der Waals surface area contributed by atoms with Gasteiger partial charge in [0.05, 0.1) is 207 Å². The molecule has 119 heavy (non-hydrogen) atoms. The van der Waals surface area contributed by atoms with Gasteiger partial charge in [0.2, 0.25) is 29.5 Å². The van der Waals surface area contributed by atoms with E-state index in [4.69, 9.17) is 80.8 Å². The second kappa shape index (κ2) is 54.2. The van der Waals surface area contributed by atoms with Crippen molar-refractivity contribution >= 4 is 46.2 Å². The first kappa shape index (κ1) is 98.7. The summed E-state index contributed by atoms with van der Waals surface area (Å²) >= 11 is 0. The molecule has 41 heteroatoms. The van der Waals surface area contributed by atoms with Gasteiger partial charge < -0.3 is 148 Å². The SMILES string of the molecule is CC[C@H]1OC(OCCOCCOCCNC(=O)CCOCC(COCCC(=O)NCCOCCOCCOC2O[C@H](CO)[C@H](O)[C@H](O)[C@H]2C)(COCCC(=O)NCCOCCOCCO[C@@H]2O[C@H](CO)[C@H](O)[C@H](O)[C@H]2NC(C)=O)CC(=O)CNC(=O)CCCOc2ccc3nc(-c4cn(-c5ccc(O)c(F)c5)nn4)ccc3c2)[C@H](C)[C@@H](O)[C@H]1O. The highest BCUT2D eigenvalue weighted by atomic mass is 19.1. The molecule has 3 unspecified atom stereocenters. The Bertz CT molecular complexity index is 3560. The number of pyridine rings is 1. The molecule has 16 atom stereocenters. The molecule has 0 saturated carbocycles. The molecule has 0 aliphatic carbocycles. The third-order valence-electron chi connectivity index (χ3n) is 19.3. The molecule has 0 bridgehead atoms. The van der Waals surface area contributed by atoms with Gasteiger partial charge in [0, 0.05) is 87.4 Å². The highest BCUT2D eigenvalue weighted by molar-refractivity contribution is 5.86. The van der Waals surface area contributed by atoms with Crippen LogP contribution in [0.15, 0.2) is 54.7 Å². The van der Waals surface area contributed by atoms with Gasteiger partial charge in [0.1, 0.15) is 54.1 Å². The number of ether oxygens (including phenoxy) is 16. The summed E-state index contributed by atoms with van der Waals surface area (Å²) in [5.41, 5.74) is 0.572. The molecule has 7 rings (SSSR count). The molecule has 2 aromatic carbocycles. The molecule has 3 fully saturated rings. The van der Waals surface area contributed by atoms with Gasteiger partial charge in [0.25, 0.3) is 0 Å². The number of amides is 5. The van der Waals surface area contributed by atoms with Crippen molar-refractivity contribution in [3.63, 3.8) is 0 Å². The molecular weight excluding hydrogens is 1580 g/mol. The number of rotatable bonds is 60. The summed E-state index contributed by atoms with van der Waals surface area (Å²) in [6.45, 7) is 6.54. The summed E-state index contributed by atoms with van der Waals surface area (Å²) in [6, 6.07) is 11.6. The predicted octanol–water partition coefficient (Wildman–Crippen LogP) is -2.22. The Hall–Kier alpha value is -7.38. The lowest BCUT2D eigenvalue weighted by Gasteiger charge is -2.42. The zero-order valence-electron chi connectivity index (χ0n) is 67.8. The van der Waals surface area contributed by atoms with Crippen molar-refractivity contribution in [3.05, 3.63) is 60.5 Å². The van der Waals surface area contributed by atoms with E-state index in [-0.39, 0.29) is 215 Å². The Morgan fingerprint density at radius 3 is 1.49 bits per heavy atom. The van der Waals surface area contributed by atoms with Gasteiger partial charge in [-0.15, -0.1) is 5.10 Å². The molecule has 0 spiro atoms. The Balaban J connectivity index is 0.882. The lowest BCUT2D eigenvalue weighted by molar-refractivity contribution is -0.284. The van der Waals surface area contributed by atoms with Gasteiger partial charge in [-0.3, -0.25) is 28.8 Å². The fourth-order valence-corrected chi connectivity index (χ4v) is 12.6. The van der Waals surface area contributed by atoms with Gasteiger partial charge in [-0.05, 0) is 49.2 Å². The highest BCUT2D eigenvalue weighted by Gasteiger charge is 2.47. The fourth-order valence-electron chi connectivity index (χ4n) is 12.6. The highest BCUT2D eigenvalue weighted by Crippen LogP contribution is 2.32. The van der Waals surface area contributed by atoms with Gasteiger partial charge in [0.15, 0.2) is 36.2 Å². The molecule has 670 valence electrons. The summed E-state index contributed by atoms with van der Waals surface area (Å²) in [7, 11) is 0. The van der Waals surface area contributed by atoms with Crippen LogP contribution in [0.2, 0.25) is 0 Å². The number of carbonyl (C=O) groups excluding carboxylic acids is 6. The van der Waals surface area contributed by atoms with E-state index in [0.29, 0.717) is 34.8 Å². The number of aromatic nitrogens is 4. The van der Waals surface area contributed by atoms with E-state index >= 15 is 0 Å². The van der Waals surface area contributed by atoms with Crippen molar-refractivity contribution in [1.29, 1.82) is 0 Å². The number of nitrogens with zero attached hydrogens (tertiary/aromatic N) is 4. The number of aliphatic hydroxyl groups excluding tert-OH is 8. The number of fused-ring (bicyclic) bond motifs is 1. The second-order valence-corrected chi connectivity index (χ2v) is 28.7. The number of ketones is 1. The maximum absolute atomic E-state index is 14.1. The largest absolute Gasteiger partial charge is 0.505 e. The van der Waals surface area contributed by atoms with Crippen molar-refractivity contribution in [2.75, 3.05) is 185 Å². The molecule has 3 saturated heterocycles. The number of phenols is 1. The smallest absolute Gasteiger partial charge is 0.222 e. The van der Waals surface area contributed by atoms with Crippen LogP contribution in [0.5, 0.6) is 11.5 Å². The van der Waals surface area contributed by atoms with Crippen molar-refractivity contribution in [2.24, 2.45) is 17.3 Å². The van der Waals surface area contributed by atoms with E-state index in [0.717, 1.165) is 11.5 Å². The third kappa shape index (κ3) is 34.5. The number of halogens is 1. The van der Waals surface area contributed by atoms with Crippen LogP contribution in [0, 0.1) is 23.1 Å². The monoisotopic (exact) mass is 1700 g/mol. The maximum atomic E-state index is 14.1. The van der Waals surface area contributed by atoms with Gasteiger partial charge in [-0.2, -0.15) is 0 Å². The molecule has 3 aliphatic rings. The van der Waals surface area contributed by atoms with Crippen LogP contribution in [-0.4, -0.2) is 366 Å². The summed E-state index contributed by atoms with van der Waals surface area (Å²) < 4.78 is 107. The van der Waals surface area contributed by atoms with Crippen molar-refractivity contribution < 1.29 is 155 Å². The van der Waals surface area contributed by atoms with Crippen LogP contribution in [0.4, 0.5) is 4.39 Å². The van der Waals surface area contributed by atoms with Crippen LogP contribution in [0.25, 0.3) is 28.0 Å². The molecular formula is C78H120FN9O31. The predicted molar refractivity (Wildman–Crippen MR) is 414 cm³/mol. The Labute approximate surface area is 688 Å². The standard InChI is InChI=1S/C78H120FN9O31/c1-5-61-71(100)69(98)49(2)75(117-61)114-36-33-107-30-27-104-24-17-80-65(95)14-21-110-46-78(47-111-22-15-66(96)81-18-25-105-28-31-108-34-37-115-76-50(3)70(99)72(101)62(44-89)118-76,48-112-23-16-67(97)82-19-26-106-29-32-109-35-38-116-77-68(84-51(4)91)74(103)73(102)63(45-90)119-77)41-54(92)42-83-64(94)7-6-20-113-55-10-12-57-52(39-55)8-11-58(85-57)59-43-88(87-86-59)53-9-13-60(93)56(79)40-53/h8-13,39-40,43,49-50,61-63,68-77,89-90,93,98-103H,5-7,14-38,41-42,44-48H2,1-4H3,(H,80,95)(H,81,96)(H,82,97)(H,83,94)(H,84,91)/t49-,50-,61-,62-,63-,68-,69-,70-,71+,72+,73+,74-,75?,76?,77-,78?/m1/s1. The topological polar surface area (TPSA) is 536 Å². The summed E-state index contributed by atoms with van der Waals surface area (Å²) in [6.07, 6.45) is -11.1. The number of carbonyl (C=O) groups is 6. The second-order valence-electron chi connectivity index (χ2n) is 28.7. The molecule has 14 N–H and O–H groups in total. The van der Waals surface area contributed by atoms with Crippen LogP contribution in [0.1, 0.15) is 72.6 Å². The van der Waals surface area contributed by atoms with Crippen LogP contribution in [0.3, 0.4) is 0 Å². The van der Waals surface area contributed by atoms with E-state index in [1.807, 2.05) is 13.0 Å². The minimum atomic E-state index is -1.47. The zero-order chi connectivity index (χ0) is 85.9. The number of Topliss-reactive ketones (excluding diaryl/α,β-unsaturated/α-hetero) is 1. The average Bonchev–Trinajstić information content (AvgIpc) is 1.35. The molecule has 40 nitrogen and oxygen atoms in total. The number of phenolic OH excluding ortho intramolecular Hbond substituents is 1. The Morgan fingerprint density at radius 1 is 0.513 bits per heavy atom. The van der Waals surface area contributed by atoms with E-state index in [1.165, 1.54) is 23.7 Å². The normalized spacial score (nSPS) is 23.7. The number of aliphatic hydroxyl groups is 8. The van der Waals surface area contributed by atoms with Crippen LogP contribution < -0.4 is 31.3 Å². The first-order valence-corrected chi connectivity index (χ1v) is 40.0. The number of hydrogen-bond acceptors (Lipinski definition) is 34. The van der Waals surface area contributed by atoms with E-state index < -0.39 is 152 Å². The zero-order valence-corrected chi connectivity index (χ0v) is 67.8. The summed E-state index contributed by atoms with van der Waals surface area (Å²) in [4.78, 5) is 83.1. The molecule has 3 aliphatic heterocycles. The number of aromatic hydroxyl groups is 1. The average molecular weight is 1700 g/mol. The quantitative estimate of drug-likeness (QED) is 0.0208. The first-order valence-electron chi connectivity index (χ1n) is 40.0. The molecule has 5 amide bonds. The van der Waals surface area contributed by atoms with Crippen LogP contribution >= 0.6 is 0 Å². The Kier molecular flexibility index (Phi) is 45.0. The van der Waals surface area contributed by atoms with Gasteiger partial charge in [-0.25, -0.2) is 14.1 Å². The fraction of sp³-hybridized carbons (Fsp3) is 0.705. The van der Waals surface area contributed by atoms with Crippen molar-refractivity contribution in [1.82, 2.24) is 46.6 Å². The molecule has 2 aromatic heterocycles. The van der Waals surface area contributed by atoms with Crippen molar-refractivity contribution in [3.8, 4) is 28.6 Å². The third-order valence-corrected chi connectivity index (χ3v) is 19.3. The first-order chi connectivity index (χ1) is 57.4. The minimum absolute atomic E-state index is 0.0149. The van der Waals surface area contributed by atoms with E-state index in [1.54, 1.807) is 44.3 Å². The lowest BCUT2D eigenvalue weighted by atomic mass is 9.85. The molecule has 0 radical (unpaired) electrons.